The molecule has 11 heteroatoms. The third-order valence-electron chi connectivity index (χ3n) is 7.45. The topological polar surface area (TPSA) is 101 Å². The molecule has 1 unspecified atom stereocenters. The van der Waals surface area contributed by atoms with E-state index in [9.17, 15) is 5.26 Å². The Hall–Kier alpha value is -4.33. The maximum Gasteiger partial charge on any atom is 0.217 e. The molecule has 2 aliphatic rings. The first-order valence-electron chi connectivity index (χ1n) is 13.5. The Kier molecular flexibility index (Phi) is 7.16. The number of nitriles is 1. The summed E-state index contributed by atoms with van der Waals surface area (Å²) in [6, 6.07) is 19.3. The van der Waals surface area contributed by atoms with E-state index in [1.807, 2.05) is 47.6 Å². The van der Waals surface area contributed by atoms with Gasteiger partial charge in [0.05, 0.1) is 39.0 Å². The van der Waals surface area contributed by atoms with Crippen LogP contribution in [0, 0.1) is 17.3 Å². The van der Waals surface area contributed by atoms with Crippen LogP contribution in [-0.2, 0) is 5.44 Å². The van der Waals surface area contributed by atoms with Crippen LogP contribution in [0.1, 0.15) is 48.9 Å². The van der Waals surface area contributed by atoms with E-state index in [0.717, 1.165) is 24.8 Å². The summed E-state index contributed by atoms with van der Waals surface area (Å²) in [4.78, 5) is 8.32. The number of hydrogen-bond donors (Lipinski definition) is 4. The standard InChI is InChI=1S/C30H27BClFN8/c1-2-25(18-7-4-3-5-8-18)37-27-19(15-34)16-36-28-22(27)13-20(14-24(28)32)38-30(31,23-9-6-12-35-29(23)33)26-17-41(40-39-26)21-10-11-21/h3-9,12-14,16-17,21,25,38-40H,2,10-11H2,1H3,(H,36,37)/t25-,30?/m1/s1. The smallest absolute Gasteiger partial charge is 0.217 e. The zero-order valence-corrected chi connectivity index (χ0v) is 23.1. The first-order valence-corrected chi connectivity index (χ1v) is 13.8. The lowest BCUT2D eigenvalue weighted by Crippen LogP contribution is -2.46. The molecule has 4 N–H and O–H groups in total. The molecule has 0 saturated heterocycles. The fourth-order valence-electron chi connectivity index (χ4n) is 5.12. The number of halogens is 2. The first kappa shape index (κ1) is 26.9. The van der Waals surface area contributed by atoms with E-state index in [1.54, 1.807) is 18.2 Å². The summed E-state index contributed by atoms with van der Waals surface area (Å²) >= 11 is 6.76. The van der Waals surface area contributed by atoms with Crippen molar-refractivity contribution in [3.63, 3.8) is 0 Å². The van der Waals surface area contributed by atoms with E-state index < -0.39 is 11.4 Å². The molecule has 2 aromatic heterocycles. The second-order valence-corrected chi connectivity index (χ2v) is 10.6. The molecule has 4 aromatic rings. The van der Waals surface area contributed by atoms with Gasteiger partial charge in [-0.15, -0.1) is 5.53 Å². The van der Waals surface area contributed by atoms with Gasteiger partial charge in [0.1, 0.15) is 13.9 Å². The van der Waals surface area contributed by atoms with Gasteiger partial charge in [0.15, 0.2) is 0 Å². The van der Waals surface area contributed by atoms with E-state index in [0.29, 0.717) is 44.6 Å². The normalized spacial score (nSPS) is 16.8. The molecular formula is C30H27BClFN8. The number of nitrogens with zero attached hydrogens (tertiary/aromatic N) is 4. The minimum absolute atomic E-state index is 0.0605. The van der Waals surface area contributed by atoms with Gasteiger partial charge in [-0.3, -0.25) is 9.99 Å². The van der Waals surface area contributed by atoms with Crippen LogP contribution in [0.25, 0.3) is 10.9 Å². The molecule has 2 radical (unpaired) electrons. The SMILES string of the molecule is [B]C(Nc1cc(Cl)c2ncc(C#N)c(N[C@H](CC)c3ccccc3)c2c1)(C1=CN(C2CC2)NN1)c1cccnc1F. The van der Waals surface area contributed by atoms with E-state index in [4.69, 9.17) is 19.4 Å². The maximum absolute atomic E-state index is 15.1. The lowest BCUT2D eigenvalue weighted by atomic mass is 9.70. The Morgan fingerprint density at radius 3 is 2.73 bits per heavy atom. The van der Waals surface area contributed by atoms with Crippen molar-refractivity contribution >= 4 is 41.7 Å². The van der Waals surface area contributed by atoms with Crippen molar-refractivity contribution in [1.29, 1.82) is 5.26 Å². The molecule has 0 bridgehead atoms. The van der Waals surface area contributed by atoms with Gasteiger partial charge in [-0.1, -0.05) is 54.9 Å². The molecule has 0 spiro atoms. The van der Waals surface area contributed by atoms with Crippen LogP contribution in [0.15, 0.2) is 78.9 Å². The molecule has 1 aliphatic heterocycles. The molecule has 0 amide bonds. The number of benzene rings is 2. The largest absolute Gasteiger partial charge is 0.378 e. The van der Waals surface area contributed by atoms with Crippen LogP contribution in [0.5, 0.6) is 0 Å². The number of hydrazine groups is 2. The quantitative estimate of drug-likeness (QED) is 0.154. The summed E-state index contributed by atoms with van der Waals surface area (Å²) in [6.07, 6.45) is 7.62. The van der Waals surface area contributed by atoms with Crippen LogP contribution in [0.4, 0.5) is 15.8 Å². The third-order valence-corrected chi connectivity index (χ3v) is 7.74. The second-order valence-electron chi connectivity index (χ2n) is 10.2. The van der Waals surface area contributed by atoms with E-state index in [1.165, 1.54) is 12.4 Å². The monoisotopic (exact) mass is 564 g/mol. The molecule has 2 aromatic carbocycles. The lowest BCUT2D eigenvalue weighted by molar-refractivity contribution is 0.260. The zero-order valence-electron chi connectivity index (χ0n) is 22.3. The number of pyridine rings is 2. The lowest BCUT2D eigenvalue weighted by Gasteiger charge is -2.34. The number of anilines is 2. The van der Waals surface area contributed by atoms with Gasteiger partial charge in [-0.05, 0) is 43.0 Å². The molecule has 8 nitrogen and oxygen atoms in total. The molecular weight excluding hydrogens is 538 g/mol. The number of hydrogen-bond acceptors (Lipinski definition) is 8. The summed E-state index contributed by atoms with van der Waals surface area (Å²) in [5.41, 5.74) is 8.41. The molecule has 41 heavy (non-hydrogen) atoms. The maximum atomic E-state index is 15.1. The fraction of sp³-hybridized carbons (Fsp3) is 0.233. The van der Waals surface area contributed by atoms with Crippen molar-refractivity contribution in [2.24, 2.45) is 0 Å². The fourth-order valence-corrected chi connectivity index (χ4v) is 5.39. The summed E-state index contributed by atoms with van der Waals surface area (Å²) in [5, 5.41) is 19.8. The van der Waals surface area contributed by atoms with Gasteiger partial charge >= 0.3 is 0 Å². The highest BCUT2D eigenvalue weighted by Crippen LogP contribution is 2.39. The second kappa shape index (κ2) is 10.9. The van der Waals surface area contributed by atoms with Gasteiger partial charge in [0, 0.05) is 41.3 Å². The first-order chi connectivity index (χ1) is 19.9. The molecule has 204 valence electrons. The van der Waals surface area contributed by atoms with E-state index in [-0.39, 0.29) is 11.6 Å². The Bertz CT molecular complexity index is 1670. The highest BCUT2D eigenvalue weighted by atomic mass is 35.5. The molecule has 1 saturated carbocycles. The molecule has 3 heterocycles. The van der Waals surface area contributed by atoms with Crippen molar-refractivity contribution < 1.29 is 4.39 Å². The van der Waals surface area contributed by atoms with Crippen LogP contribution >= 0.6 is 11.6 Å². The third kappa shape index (κ3) is 5.14. The van der Waals surface area contributed by atoms with Gasteiger partial charge in [0.25, 0.3) is 0 Å². The summed E-state index contributed by atoms with van der Waals surface area (Å²) in [5.74, 6) is -0.702. The number of fused-ring (bicyclic) bond motifs is 1. The summed E-state index contributed by atoms with van der Waals surface area (Å²) in [6.45, 7) is 2.08. The van der Waals surface area contributed by atoms with E-state index in [2.05, 4.69) is 44.6 Å². The van der Waals surface area contributed by atoms with Gasteiger partial charge < -0.3 is 16.1 Å². The Labute approximate surface area is 244 Å². The van der Waals surface area contributed by atoms with Crippen LogP contribution < -0.4 is 21.6 Å². The van der Waals surface area contributed by atoms with Crippen LogP contribution in [0.3, 0.4) is 0 Å². The predicted octanol–water partition coefficient (Wildman–Crippen LogP) is 5.62. The highest BCUT2D eigenvalue weighted by Gasteiger charge is 2.39. The van der Waals surface area contributed by atoms with E-state index >= 15 is 4.39 Å². The highest BCUT2D eigenvalue weighted by molar-refractivity contribution is 6.36. The predicted molar refractivity (Wildman–Crippen MR) is 159 cm³/mol. The Morgan fingerprint density at radius 2 is 2.02 bits per heavy atom. The van der Waals surface area contributed by atoms with Crippen molar-refractivity contribution in [3.05, 3.63) is 107 Å². The van der Waals surface area contributed by atoms with Crippen molar-refractivity contribution in [2.75, 3.05) is 10.6 Å². The van der Waals surface area contributed by atoms with Gasteiger partial charge in [-0.2, -0.15) is 9.65 Å². The molecule has 1 aliphatic carbocycles. The zero-order chi connectivity index (χ0) is 28.6. The van der Waals surface area contributed by atoms with Crippen molar-refractivity contribution in [2.45, 2.75) is 43.7 Å². The number of rotatable bonds is 9. The van der Waals surface area contributed by atoms with Gasteiger partial charge in [0.2, 0.25) is 5.95 Å². The number of nitrogens with one attached hydrogen (secondary N) is 4. The van der Waals surface area contributed by atoms with Gasteiger partial charge in [-0.25, -0.2) is 4.98 Å². The minimum atomic E-state index is -1.55. The summed E-state index contributed by atoms with van der Waals surface area (Å²) < 4.78 is 15.1. The van der Waals surface area contributed by atoms with Crippen molar-refractivity contribution in [1.82, 2.24) is 25.9 Å². The average Bonchev–Trinajstić information content (AvgIpc) is 3.71. The molecule has 2 atom stereocenters. The molecule has 6 rings (SSSR count). The Balaban J connectivity index is 1.45. The minimum Gasteiger partial charge on any atom is -0.378 e. The van der Waals surface area contributed by atoms with Crippen LogP contribution in [-0.4, -0.2) is 28.9 Å². The number of aromatic nitrogens is 2. The van der Waals surface area contributed by atoms with Crippen LogP contribution in [0.2, 0.25) is 5.02 Å². The molecule has 1 fully saturated rings. The van der Waals surface area contributed by atoms with Crippen molar-refractivity contribution in [3.8, 4) is 6.07 Å². The summed E-state index contributed by atoms with van der Waals surface area (Å²) in [7, 11) is 6.99. The Morgan fingerprint density at radius 1 is 1.22 bits per heavy atom. The average molecular weight is 565 g/mol.